The van der Waals surface area contributed by atoms with Crippen molar-refractivity contribution in [3.05, 3.63) is 59.8 Å². The van der Waals surface area contributed by atoms with Gasteiger partial charge in [0.2, 0.25) is 5.75 Å². The number of methoxy groups -OCH3 is 4. The minimum atomic E-state index is -2.51. The number of amides is 2. The summed E-state index contributed by atoms with van der Waals surface area (Å²) >= 11 is 0. The number of Topliss-reactive ketones (excluding diaryl/α,β-unsaturated/α-hetero) is 2. The molecule has 0 saturated carbocycles. The second-order valence-corrected chi connectivity index (χ2v) is 10.5. The standard InChI is InChI=1S/C31H37N3O10/c1-18(2)26-29(38)33(16-24(35)31(32,28(37)30(39)40)14-19-10-8-7-9-11-19)21(15-34(26)25(36)17-41-3)20-12-22(42-4)27(44-6)23(13-20)43-5/h7-13,15,18,26H,14,16-17,32H2,1-6H3,(H,39,40)/t26?,31-/m0/s1. The van der Waals surface area contributed by atoms with Crippen molar-refractivity contribution in [1.82, 2.24) is 9.80 Å². The summed E-state index contributed by atoms with van der Waals surface area (Å²) in [4.78, 5) is 68.4. The van der Waals surface area contributed by atoms with E-state index in [9.17, 15) is 29.1 Å². The largest absolute Gasteiger partial charge is 0.493 e. The summed E-state index contributed by atoms with van der Waals surface area (Å²) in [6.45, 7) is 2.35. The highest BCUT2D eigenvalue weighted by atomic mass is 16.5. The Kier molecular flexibility index (Phi) is 10.9. The summed E-state index contributed by atoms with van der Waals surface area (Å²) in [6.07, 6.45) is 0.977. The van der Waals surface area contributed by atoms with E-state index in [0.717, 1.165) is 4.90 Å². The first kappa shape index (κ1) is 33.7. The minimum Gasteiger partial charge on any atom is -0.493 e. The van der Waals surface area contributed by atoms with Crippen LogP contribution in [0.1, 0.15) is 25.0 Å². The van der Waals surface area contributed by atoms with Gasteiger partial charge in [-0.1, -0.05) is 44.2 Å². The Hall–Kier alpha value is -4.75. The molecule has 1 unspecified atom stereocenters. The monoisotopic (exact) mass is 611 g/mol. The quantitative estimate of drug-likeness (QED) is 0.234. The average molecular weight is 612 g/mol. The van der Waals surface area contributed by atoms with E-state index in [1.807, 2.05) is 0 Å². The maximum atomic E-state index is 14.2. The summed E-state index contributed by atoms with van der Waals surface area (Å²) in [6, 6.07) is 10.2. The van der Waals surface area contributed by atoms with Crippen molar-refractivity contribution in [2.75, 3.05) is 41.6 Å². The van der Waals surface area contributed by atoms with Crippen LogP contribution in [0.3, 0.4) is 0 Å². The van der Waals surface area contributed by atoms with Gasteiger partial charge in [-0.3, -0.25) is 19.2 Å². The van der Waals surface area contributed by atoms with Crippen molar-refractivity contribution in [3.8, 4) is 17.2 Å². The molecule has 1 aliphatic heterocycles. The van der Waals surface area contributed by atoms with Crippen LogP contribution in [-0.4, -0.2) is 97.4 Å². The van der Waals surface area contributed by atoms with Gasteiger partial charge in [-0.05, 0) is 23.6 Å². The van der Waals surface area contributed by atoms with E-state index >= 15 is 0 Å². The molecule has 2 amide bonds. The second-order valence-electron chi connectivity index (χ2n) is 10.5. The van der Waals surface area contributed by atoms with Gasteiger partial charge in [0.1, 0.15) is 12.6 Å². The molecule has 0 spiro atoms. The molecule has 13 heteroatoms. The third-order valence-electron chi connectivity index (χ3n) is 7.24. The number of ether oxygens (including phenoxy) is 4. The molecule has 1 heterocycles. The zero-order chi connectivity index (χ0) is 32.8. The van der Waals surface area contributed by atoms with Gasteiger partial charge in [0, 0.05) is 25.3 Å². The highest BCUT2D eigenvalue weighted by Gasteiger charge is 2.48. The summed E-state index contributed by atoms with van der Waals surface area (Å²) in [7, 11) is 5.56. The first-order valence-corrected chi connectivity index (χ1v) is 13.6. The summed E-state index contributed by atoms with van der Waals surface area (Å²) < 4.78 is 21.4. The average Bonchev–Trinajstić information content (AvgIpc) is 3.00. The Balaban J connectivity index is 2.24. The fourth-order valence-electron chi connectivity index (χ4n) is 5.03. The molecule has 3 N–H and O–H groups in total. The number of carbonyl (C=O) groups is 5. The zero-order valence-corrected chi connectivity index (χ0v) is 25.5. The molecular weight excluding hydrogens is 574 g/mol. The first-order chi connectivity index (χ1) is 20.8. The number of benzene rings is 2. The number of rotatable bonds is 14. The van der Waals surface area contributed by atoms with E-state index < -0.39 is 59.8 Å². The Morgan fingerprint density at radius 3 is 2.05 bits per heavy atom. The number of nitrogens with zero attached hydrogens (tertiary/aromatic N) is 2. The molecule has 44 heavy (non-hydrogen) atoms. The molecular formula is C31H37N3O10. The third kappa shape index (κ3) is 6.74. The van der Waals surface area contributed by atoms with Crippen LogP contribution >= 0.6 is 0 Å². The van der Waals surface area contributed by atoms with Crippen molar-refractivity contribution in [2.24, 2.45) is 11.7 Å². The van der Waals surface area contributed by atoms with E-state index in [1.54, 1.807) is 44.2 Å². The summed E-state index contributed by atoms with van der Waals surface area (Å²) in [5, 5.41) is 9.59. The molecule has 2 aromatic rings. The van der Waals surface area contributed by atoms with Crippen LogP contribution in [0.5, 0.6) is 17.2 Å². The van der Waals surface area contributed by atoms with E-state index in [2.05, 4.69) is 0 Å². The lowest BCUT2D eigenvalue weighted by Gasteiger charge is -2.41. The van der Waals surface area contributed by atoms with Gasteiger partial charge in [-0.25, -0.2) is 4.79 Å². The van der Waals surface area contributed by atoms with Crippen LogP contribution in [0.2, 0.25) is 0 Å². The van der Waals surface area contributed by atoms with Gasteiger partial charge >= 0.3 is 5.97 Å². The molecule has 2 atom stereocenters. The predicted molar refractivity (Wildman–Crippen MR) is 158 cm³/mol. The van der Waals surface area contributed by atoms with Crippen LogP contribution in [-0.2, 0) is 35.1 Å². The Morgan fingerprint density at radius 1 is 0.977 bits per heavy atom. The highest BCUT2D eigenvalue weighted by Crippen LogP contribution is 2.42. The molecule has 0 aliphatic carbocycles. The Labute approximate surface area is 255 Å². The van der Waals surface area contributed by atoms with Crippen LogP contribution in [0.4, 0.5) is 0 Å². The van der Waals surface area contributed by atoms with Gasteiger partial charge in [-0.2, -0.15) is 0 Å². The Morgan fingerprint density at radius 2 is 1.57 bits per heavy atom. The third-order valence-corrected chi connectivity index (χ3v) is 7.24. The lowest BCUT2D eigenvalue weighted by Crippen LogP contribution is -2.63. The van der Waals surface area contributed by atoms with E-state index in [0.29, 0.717) is 5.56 Å². The van der Waals surface area contributed by atoms with Crippen LogP contribution in [0.25, 0.3) is 5.70 Å². The number of nitrogens with two attached hydrogens (primary N) is 1. The predicted octanol–water partition coefficient (Wildman–Crippen LogP) is 1.52. The lowest BCUT2D eigenvalue weighted by molar-refractivity contribution is -0.154. The van der Waals surface area contributed by atoms with Crippen molar-refractivity contribution < 1.29 is 48.0 Å². The fourth-order valence-corrected chi connectivity index (χ4v) is 5.03. The van der Waals surface area contributed by atoms with Crippen molar-refractivity contribution in [2.45, 2.75) is 31.8 Å². The van der Waals surface area contributed by atoms with Crippen LogP contribution < -0.4 is 19.9 Å². The summed E-state index contributed by atoms with van der Waals surface area (Å²) in [5.41, 5.74) is 4.61. The molecule has 3 rings (SSSR count). The smallest absolute Gasteiger partial charge is 0.374 e. The van der Waals surface area contributed by atoms with Crippen LogP contribution in [0.15, 0.2) is 48.7 Å². The number of ketones is 2. The zero-order valence-electron chi connectivity index (χ0n) is 25.5. The van der Waals surface area contributed by atoms with E-state index in [-0.39, 0.29) is 35.1 Å². The van der Waals surface area contributed by atoms with Crippen molar-refractivity contribution in [3.63, 3.8) is 0 Å². The topological polar surface area (TPSA) is 175 Å². The van der Waals surface area contributed by atoms with Gasteiger partial charge in [-0.15, -0.1) is 0 Å². The van der Waals surface area contributed by atoms with E-state index in [1.165, 1.54) is 51.7 Å². The fraction of sp³-hybridized carbons (Fsp3) is 0.387. The van der Waals surface area contributed by atoms with Crippen LogP contribution in [0, 0.1) is 5.92 Å². The maximum Gasteiger partial charge on any atom is 0.374 e. The molecule has 0 fully saturated rings. The molecule has 0 aromatic heterocycles. The summed E-state index contributed by atoms with van der Waals surface area (Å²) in [5.74, 6) is -5.33. The van der Waals surface area contributed by atoms with Gasteiger partial charge in [0.05, 0.1) is 33.6 Å². The van der Waals surface area contributed by atoms with E-state index in [4.69, 9.17) is 24.7 Å². The van der Waals surface area contributed by atoms with Gasteiger partial charge in [0.25, 0.3) is 17.6 Å². The molecule has 0 bridgehead atoms. The van der Waals surface area contributed by atoms with Gasteiger partial charge < -0.3 is 39.6 Å². The number of carboxylic acids is 1. The van der Waals surface area contributed by atoms with Gasteiger partial charge in [0.15, 0.2) is 22.8 Å². The molecule has 1 aliphatic rings. The van der Waals surface area contributed by atoms with Crippen molar-refractivity contribution >= 4 is 35.0 Å². The Bertz CT molecular complexity index is 1430. The molecule has 0 saturated heterocycles. The molecule has 2 aromatic carbocycles. The maximum absolute atomic E-state index is 14.2. The van der Waals surface area contributed by atoms with Crippen molar-refractivity contribution in [1.29, 1.82) is 0 Å². The SMILES string of the molecule is COCC(=O)N1C=C(c2cc(OC)c(OC)c(OC)c2)N(CC(=O)[C@@](N)(Cc2ccccc2)C(=O)C(=O)O)C(=O)C1C(C)C. The molecule has 0 radical (unpaired) electrons. The number of hydrogen-bond acceptors (Lipinski definition) is 10. The number of hydrogen-bond donors (Lipinski definition) is 2. The second kappa shape index (κ2) is 14.1. The molecule has 13 nitrogen and oxygen atoms in total. The first-order valence-electron chi connectivity index (χ1n) is 13.6. The minimum absolute atomic E-state index is 0.0637. The number of carboxylic acid groups (broad SMARTS) is 1. The normalized spacial score (nSPS) is 16.2. The number of carbonyl (C=O) groups excluding carboxylic acids is 4. The number of aliphatic carboxylic acids is 1. The molecule has 236 valence electrons. The lowest BCUT2D eigenvalue weighted by atomic mass is 9.82. The highest BCUT2D eigenvalue weighted by molar-refractivity contribution is 6.42.